The van der Waals surface area contributed by atoms with Crippen molar-refractivity contribution in [2.45, 2.75) is 39.7 Å². The van der Waals surface area contributed by atoms with E-state index in [0.29, 0.717) is 30.2 Å². The average Bonchev–Trinajstić information content (AvgIpc) is 3.27. The van der Waals surface area contributed by atoms with Crippen LogP contribution in [0.1, 0.15) is 44.1 Å². The number of hydrogen-bond donors (Lipinski definition) is 2. The highest BCUT2D eigenvalue weighted by Gasteiger charge is 2.19. The zero-order chi connectivity index (χ0) is 27.7. The van der Waals surface area contributed by atoms with E-state index >= 15 is 0 Å². The zero-order valence-electron chi connectivity index (χ0n) is 21.9. The summed E-state index contributed by atoms with van der Waals surface area (Å²) in [5.41, 5.74) is 3.16. The third-order valence-corrected chi connectivity index (χ3v) is 6.75. The quantitative estimate of drug-likeness (QED) is 0.367. The topological polar surface area (TPSA) is 109 Å². The highest BCUT2D eigenvalue weighted by Crippen LogP contribution is 2.30. The molecule has 9 nitrogen and oxygen atoms in total. The fourth-order valence-electron chi connectivity index (χ4n) is 4.89. The number of halogens is 2. The van der Waals surface area contributed by atoms with Crippen LogP contribution in [-0.4, -0.2) is 60.1 Å². The van der Waals surface area contributed by atoms with E-state index in [1.807, 2.05) is 37.5 Å². The minimum absolute atomic E-state index is 0.0326. The van der Waals surface area contributed by atoms with Crippen LogP contribution in [0, 0.1) is 18.6 Å². The predicted octanol–water partition coefficient (Wildman–Crippen LogP) is 4.80. The molecule has 1 aliphatic rings. The van der Waals surface area contributed by atoms with E-state index in [0.717, 1.165) is 24.6 Å². The summed E-state index contributed by atoms with van der Waals surface area (Å²) in [5.74, 6) is -0.203. The number of carbonyl (C=O) groups is 1. The Morgan fingerprint density at radius 1 is 1.10 bits per heavy atom. The minimum Gasteiger partial charge on any atom is -0.387 e. The number of likely N-dealkylation sites (tertiary alicyclic amines) is 1. The van der Waals surface area contributed by atoms with Crippen molar-refractivity contribution in [2.75, 3.05) is 25.0 Å². The molecular weight excluding hydrogens is 504 g/mol. The second kappa shape index (κ2) is 10.9. The number of hydrogen-bond acceptors (Lipinski definition) is 7. The summed E-state index contributed by atoms with van der Waals surface area (Å²) < 4.78 is 31.6. The molecular formula is C28H29F2N7O2. The van der Waals surface area contributed by atoms with Gasteiger partial charge in [0, 0.05) is 30.9 Å². The minimum atomic E-state index is -0.673. The van der Waals surface area contributed by atoms with Gasteiger partial charge in [-0.25, -0.2) is 28.7 Å². The van der Waals surface area contributed by atoms with Gasteiger partial charge in [0.15, 0.2) is 11.6 Å². The van der Waals surface area contributed by atoms with Crippen LogP contribution < -0.4 is 5.32 Å². The monoisotopic (exact) mass is 533 g/mol. The second-order valence-electron chi connectivity index (χ2n) is 9.78. The van der Waals surface area contributed by atoms with Gasteiger partial charge in [0.2, 0.25) is 11.9 Å². The van der Waals surface area contributed by atoms with Gasteiger partial charge in [0.25, 0.3) is 0 Å². The SMILES string of the molecule is Cc1nc2c(F)cc(-c3nc(Nc4ccc(C=C5CCN(C(=O)CO)CC5)cn4)ncc3F)cc2n1C(C)C. The lowest BCUT2D eigenvalue weighted by Crippen LogP contribution is -2.37. The molecule has 202 valence electrons. The largest absolute Gasteiger partial charge is 0.387 e. The molecule has 0 radical (unpaired) electrons. The van der Waals surface area contributed by atoms with Gasteiger partial charge in [-0.05, 0) is 63.4 Å². The molecule has 4 heterocycles. The lowest BCUT2D eigenvalue weighted by Gasteiger charge is -2.27. The Morgan fingerprint density at radius 2 is 1.87 bits per heavy atom. The third kappa shape index (κ3) is 5.49. The number of fused-ring (bicyclic) bond motifs is 1. The van der Waals surface area contributed by atoms with E-state index in [4.69, 9.17) is 5.11 Å². The predicted molar refractivity (Wildman–Crippen MR) is 144 cm³/mol. The van der Waals surface area contributed by atoms with E-state index in [9.17, 15) is 13.6 Å². The third-order valence-electron chi connectivity index (χ3n) is 6.75. The maximum absolute atomic E-state index is 14.9. The summed E-state index contributed by atoms with van der Waals surface area (Å²) in [4.78, 5) is 30.4. The molecule has 1 saturated heterocycles. The van der Waals surface area contributed by atoms with Crippen molar-refractivity contribution in [1.82, 2.24) is 29.4 Å². The summed E-state index contributed by atoms with van der Waals surface area (Å²) in [6.45, 7) is 6.46. The van der Waals surface area contributed by atoms with Crippen molar-refractivity contribution in [3.8, 4) is 11.3 Å². The number of imidazole rings is 1. The number of benzene rings is 1. The van der Waals surface area contributed by atoms with Crippen molar-refractivity contribution < 1.29 is 18.7 Å². The number of carbonyl (C=O) groups excluding carboxylic acids is 1. The average molecular weight is 534 g/mol. The van der Waals surface area contributed by atoms with Gasteiger partial charge < -0.3 is 19.9 Å². The molecule has 39 heavy (non-hydrogen) atoms. The molecule has 0 atom stereocenters. The Balaban J connectivity index is 1.35. The van der Waals surface area contributed by atoms with Crippen LogP contribution in [0.25, 0.3) is 28.4 Å². The summed E-state index contributed by atoms with van der Waals surface area (Å²) in [7, 11) is 0. The number of pyridine rings is 1. The van der Waals surface area contributed by atoms with Gasteiger partial charge in [-0.15, -0.1) is 0 Å². The molecule has 0 aliphatic carbocycles. The number of aliphatic hydroxyl groups is 1. The maximum Gasteiger partial charge on any atom is 0.248 e. The second-order valence-corrected chi connectivity index (χ2v) is 9.78. The fraction of sp³-hybridized carbons (Fsp3) is 0.321. The number of rotatable bonds is 6. The van der Waals surface area contributed by atoms with Crippen LogP contribution in [0.3, 0.4) is 0 Å². The molecule has 1 aliphatic heterocycles. The number of anilines is 2. The molecule has 2 N–H and O–H groups in total. The fourth-order valence-corrected chi connectivity index (χ4v) is 4.89. The normalized spacial score (nSPS) is 13.8. The van der Waals surface area contributed by atoms with Crippen molar-refractivity contribution in [3.63, 3.8) is 0 Å². The molecule has 1 aromatic carbocycles. The molecule has 0 spiro atoms. The van der Waals surface area contributed by atoms with E-state index in [1.54, 1.807) is 23.2 Å². The molecule has 1 fully saturated rings. The molecule has 0 unspecified atom stereocenters. The first-order chi connectivity index (χ1) is 18.7. The lowest BCUT2D eigenvalue weighted by atomic mass is 10.0. The number of aliphatic hydroxyl groups excluding tert-OH is 1. The first-order valence-corrected chi connectivity index (χ1v) is 12.8. The van der Waals surface area contributed by atoms with Gasteiger partial charge in [0.1, 0.15) is 29.5 Å². The van der Waals surface area contributed by atoms with Crippen LogP contribution >= 0.6 is 0 Å². The van der Waals surface area contributed by atoms with E-state index < -0.39 is 18.2 Å². The molecule has 11 heteroatoms. The van der Waals surface area contributed by atoms with E-state index in [2.05, 4.69) is 25.3 Å². The summed E-state index contributed by atoms with van der Waals surface area (Å²) >= 11 is 0. The Bertz CT molecular complexity index is 1550. The molecule has 0 saturated carbocycles. The van der Waals surface area contributed by atoms with Crippen molar-refractivity contribution in [2.24, 2.45) is 0 Å². The smallest absolute Gasteiger partial charge is 0.248 e. The van der Waals surface area contributed by atoms with Crippen molar-refractivity contribution in [1.29, 1.82) is 0 Å². The van der Waals surface area contributed by atoms with E-state index in [1.165, 1.54) is 11.6 Å². The van der Waals surface area contributed by atoms with Crippen LogP contribution in [0.2, 0.25) is 0 Å². The Kier molecular flexibility index (Phi) is 7.34. The number of aromatic nitrogens is 5. The summed E-state index contributed by atoms with van der Waals surface area (Å²) in [6, 6.07) is 6.62. The summed E-state index contributed by atoms with van der Waals surface area (Å²) in [6.07, 6.45) is 6.26. The van der Waals surface area contributed by atoms with Gasteiger partial charge >= 0.3 is 0 Å². The lowest BCUT2D eigenvalue weighted by molar-refractivity contribution is -0.134. The van der Waals surface area contributed by atoms with Crippen molar-refractivity contribution in [3.05, 3.63) is 65.3 Å². The Hall–Kier alpha value is -4.25. The molecule has 1 amide bonds. The first-order valence-electron chi connectivity index (χ1n) is 12.8. The first kappa shape index (κ1) is 26.4. The number of nitrogens with zero attached hydrogens (tertiary/aromatic N) is 6. The van der Waals surface area contributed by atoms with E-state index in [-0.39, 0.29) is 34.7 Å². The molecule has 3 aromatic heterocycles. The Morgan fingerprint density at radius 3 is 2.54 bits per heavy atom. The number of piperidine rings is 1. The van der Waals surface area contributed by atoms with Crippen LogP contribution in [0.15, 0.2) is 42.2 Å². The van der Waals surface area contributed by atoms with Gasteiger partial charge in [-0.3, -0.25) is 4.79 Å². The number of nitrogens with one attached hydrogen (secondary N) is 1. The van der Waals surface area contributed by atoms with Gasteiger partial charge in [-0.2, -0.15) is 0 Å². The van der Waals surface area contributed by atoms with Crippen molar-refractivity contribution >= 4 is 34.8 Å². The van der Waals surface area contributed by atoms with Crippen LogP contribution in [-0.2, 0) is 4.79 Å². The highest BCUT2D eigenvalue weighted by atomic mass is 19.1. The molecule has 5 rings (SSSR count). The van der Waals surface area contributed by atoms with Gasteiger partial charge in [0.05, 0.1) is 11.7 Å². The standard InChI is InChI=1S/C28H29F2N7O2/c1-16(2)37-17(3)33-27-21(29)11-20(12-23(27)37)26-22(30)14-32-28(35-26)34-24-5-4-19(13-31-24)10-18-6-8-36(9-7-18)25(39)15-38/h4-5,10-14,16,38H,6-9,15H2,1-3H3,(H,31,32,34,35). The highest BCUT2D eigenvalue weighted by molar-refractivity contribution is 5.83. The van der Waals surface area contributed by atoms with Crippen LogP contribution in [0.5, 0.6) is 0 Å². The molecule has 4 aromatic rings. The van der Waals surface area contributed by atoms with Crippen LogP contribution in [0.4, 0.5) is 20.5 Å². The molecule has 0 bridgehead atoms. The number of amides is 1. The number of aryl methyl sites for hydroxylation is 1. The Labute approximate surface area is 224 Å². The zero-order valence-corrected chi connectivity index (χ0v) is 21.9. The summed E-state index contributed by atoms with van der Waals surface area (Å²) in [5, 5.41) is 12.0. The maximum atomic E-state index is 14.9. The van der Waals surface area contributed by atoms with Gasteiger partial charge in [-0.1, -0.05) is 11.6 Å².